The third kappa shape index (κ3) is 7.46. The van der Waals surface area contributed by atoms with Crippen LogP contribution in [0, 0.1) is 13.8 Å². The number of carbonyl (C=O) groups is 2. The molecular formula is C32H32N2O4. The van der Waals surface area contributed by atoms with Gasteiger partial charge in [-0.3, -0.25) is 9.59 Å². The van der Waals surface area contributed by atoms with Gasteiger partial charge in [-0.15, -0.1) is 0 Å². The number of primary amides is 1. The Labute approximate surface area is 223 Å². The molecule has 0 radical (unpaired) electrons. The highest BCUT2D eigenvalue weighted by Crippen LogP contribution is 2.30. The number of ether oxygens (including phenoxy) is 2. The Morgan fingerprint density at radius 2 is 1.26 bits per heavy atom. The Morgan fingerprint density at radius 1 is 0.711 bits per heavy atom. The lowest BCUT2D eigenvalue weighted by Gasteiger charge is -2.18. The number of nitrogens with one attached hydrogen (secondary N) is 1. The summed E-state index contributed by atoms with van der Waals surface area (Å²) in [6.45, 7) is 4.59. The molecule has 0 unspecified atom stereocenters. The van der Waals surface area contributed by atoms with Gasteiger partial charge in [0.2, 0.25) is 5.91 Å². The van der Waals surface area contributed by atoms with Crippen molar-refractivity contribution in [2.75, 3.05) is 0 Å². The molecule has 0 aliphatic carbocycles. The van der Waals surface area contributed by atoms with E-state index in [1.54, 1.807) is 12.1 Å². The van der Waals surface area contributed by atoms with E-state index < -0.39 is 11.9 Å². The standard InChI is InChI=1S/C32H32N2O4/c1-22-15-23(2)17-27(16-22)32(36)34-28(31(33)35)18-26-13-14-29(37-20-24-9-5-3-6-10-24)30(19-26)38-21-25-11-7-4-8-12-25/h3-17,19,28H,18,20-21H2,1-2H3,(H2,33,35)(H,34,36)/t28-/m0/s1. The van der Waals surface area contributed by atoms with Crippen LogP contribution >= 0.6 is 0 Å². The predicted molar refractivity (Wildman–Crippen MR) is 148 cm³/mol. The predicted octanol–water partition coefficient (Wildman–Crippen LogP) is 5.29. The van der Waals surface area contributed by atoms with Crippen molar-refractivity contribution in [3.8, 4) is 11.5 Å². The first-order valence-electron chi connectivity index (χ1n) is 12.5. The molecule has 0 saturated heterocycles. The molecule has 0 fully saturated rings. The molecule has 194 valence electrons. The normalized spacial score (nSPS) is 11.4. The van der Waals surface area contributed by atoms with Gasteiger partial charge in [0.15, 0.2) is 11.5 Å². The highest BCUT2D eigenvalue weighted by molar-refractivity contribution is 5.97. The van der Waals surface area contributed by atoms with Gasteiger partial charge >= 0.3 is 0 Å². The largest absolute Gasteiger partial charge is 0.485 e. The maximum absolute atomic E-state index is 12.9. The lowest BCUT2D eigenvalue weighted by molar-refractivity contribution is -0.119. The average Bonchev–Trinajstić information content (AvgIpc) is 2.91. The third-order valence-electron chi connectivity index (χ3n) is 6.05. The second kappa shape index (κ2) is 12.6. The van der Waals surface area contributed by atoms with E-state index in [2.05, 4.69) is 5.32 Å². The van der Waals surface area contributed by atoms with Crippen LogP contribution in [0.1, 0.15) is 38.2 Å². The van der Waals surface area contributed by atoms with Crippen LogP contribution in [-0.2, 0) is 24.4 Å². The zero-order valence-corrected chi connectivity index (χ0v) is 21.6. The van der Waals surface area contributed by atoms with Crippen LogP contribution < -0.4 is 20.5 Å². The summed E-state index contributed by atoms with van der Waals surface area (Å²) < 4.78 is 12.2. The van der Waals surface area contributed by atoms with Crippen molar-refractivity contribution >= 4 is 11.8 Å². The van der Waals surface area contributed by atoms with E-state index in [1.807, 2.05) is 98.8 Å². The van der Waals surface area contributed by atoms with Gasteiger partial charge in [-0.05, 0) is 54.8 Å². The van der Waals surface area contributed by atoms with Crippen molar-refractivity contribution in [1.29, 1.82) is 0 Å². The number of hydrogen-bond acceptors (Lipinski definition) is 4. The van der Waals surface area contributed by atoms with Gasteiger partial charge < -0.3 is 20.5 Å². The summed E-state index contributed by atoms with van der Waals surface area (Å²) in [6.07, 6.45) is 0.215. The first-order chi connectivity index (χ1) is 18.4. The lowest BCUT2D eigenvalue weighted by Crippen LogP contribution is -2.45. The number of carbonyl (C=O) groups excluding carboxylic acids is 2. The molecule has 6 nitrogen and oxygen atoms in total. The molecule has 6 heteroatoms. The molecule has 0 heterocycles. The molecule has 1 atom stereocenters. The van der Waals surface area contributed by atoms with Crippen molar-refractivity contribution in [2.45, 2.75) is 39.5 Å². The van der Waals surface area contributed by atoms with E-state index in [4.69, 9.17) is 15.2 Å². The van der Waals surface area contributed by atoms with Crippen LogP contribution in [0.15, 0.2) is 97.1 Å². The van der Waals surface area contributed by atoms with Gasteiger partial charge in [-0.2, -0.15) is 0 Å². The van der Waals surface area contributed by atoms with E-state index >= 15 is 0 Å². The summed E-state index contributed by atoms with van der Waals surface area (Å²) in [5, 5.41) is 2.79. The quantitative estimate of drug-likeness (QED) is 0.288. The Kier molecular flexibility index (Phi) is 8.77. The molecule has 0 saturated carbocycles. The molecule has 38 heavy (non-hydrogen) atoms. The maximum atomic E-state index is 12.9. The average molecular weight is 509 g/mol. The molecule has 3 N–H and O–H groups in total. The molecule has 0 aliphatic heterocycles. The van der Waals surface area contributed by atoms with E-state index in [0.717, 1.165) is 27.8 Å². The zero-order chi connectivity index (χ0) is 26.9. The number of benzene rings is 4. The van der Waals surface area contributed by atoms with E-state index in [1.165, 1.54) is 0 Å². The van der Waals surface area contributed by atoms with E-state index in [-0.39, 0.29) is 12.3 Å². The topological polar surface area (TPSA) is 90.7 Å². The molecular weight excluding hydrogens is 476 g/mol. The molecule has 4 aromatic rings. The molecule has 0 aromatic heterocycles. The van der Waals surface area contributed by atoms with E-state index in [9.17, 15) is 9.59 Å². The number of aryl methyl sites for hydroxylation is 2. The summed E-state index contributed by atoms with van der Waals surface area (Å²) in [5.41, 5.74) is 10.9. The van der Waals surface area contributed by atoms with Gasteiger partial charge in [0, 0.05) is 12.0 Å². The van der Waals surface area contributed by atoms with Crippen molar-refractivity contribution < 1.29 is 19.1 Å². The van der Waals surface area contributed by atoms with Crippen LogP contribution in [0.2, 0.25) is 0 Å². The molecule has 0 spiro atoms. The van der Waals surface area contributed by atoms with Gasteiger partial charge in [0.25, 0.3) is 5.91 Å². The number of amides is 2. The van der Waals surface area contributed by atoms with E-state index in [0.29, 0.717) is 30.3 Å². The fourth-order valence-electron chi connectivity index (χ4n) is 4.19. The third-order valence-corrected chi connectivity index (χ3v) is 6.05. The molecule has 0 aliphatic rings. The Balaban J connectivity index is 1.52. The van der Waals surface area contributed by atoms with Crippen LogP contribution in [0.25, 0.3) is 0 Å². The fourth-order valence-corrected chi connectivity index (χ4v) is 4.19. The summed E-state index contributed by atoms with van der Waals surface area (Å²) in [5.74, 6) is 0.178. The van der Waals surface area contributed by atoms with Crippen LogP contribution in [0.5, 0.6) is 11.5 Å². The van der Waals surface area contributed by atoms with Crippen LogP contribution in [0.4, 0.5) is 0 Å². The number of hydrogen-bond donors (Lipinski definition) is 2. The van der Waals surface area contributed by atoms with Crippen LogP contribution in [0.3, 0.4) is 0 Å². The fraction of sp³-hybridized carbons (Fsp3) is 0.188. The van der Waals surface area contributed by atoms with Crippen molar-refractivity contribution in [2.24, 2.45) is 5.73 Å². The first kappa shape index (κ1) is 26.5. The SMILES string of the molecule is Cc1cc(C)cc(C(=O)N[C@@H](Cc2ccc(OCc3ccccc3)c(OCc3ccccc3)c2)C(N)=O)c1. The Morgan fingerprint density at radius 3 is 1.82 bits per heavy atom. The first-order valence-corrected chi connectivity index (χ1v) is 12.5. The minimum Gasteiger partial charge on any atom is -0.485 e. The summed E-state index contributed by atoms with van der Waals surface area (Å²) in [4.78, 5) is 25.2. The lowest BCUT2D eigenvalue weighted by atomic mass is 10.0. The number of nitrogens with two attached hydrogens (primary N) is 1. The second-order valence-corrected chi connectivity index (χ2v) is 9.34. The molecule has 4 aromatic carbocycles. The van der Waals surface area contributed by atoms with Crippen molar-refractivity contribution in [3.05, 3.63) is 130 Å². The van der Waals surface area contributed by atoms with Gasteiger partial charge in [-0.1, -0.05) is 83.9 Å². The minimum absolute atomic E-state index is 0.215. The summed E-state index contributed by atoms with van der Waals surface area (Å²) in [7, 11) is 0. The van der Waals surface area contributed by atoms with Gasteiger partial charge in [0.05, 0.1) is 0 Å². The van der Waals surface area contributed by atoms with Gasteiger partial charge in [-0.25, -0.2) is 0 Å². The van der Waals surface area contributed by atoms with Crippen molar-refractivity contribution in [1.82, 2.24) is 5.32 Å². The zero-order valence-electron chi connectivity index (χ0n) is 21.6. The minimum atomic E-state index is -0.888. The molecule has 0 bridgehead atoms. The monoisotopic (exact) mass is 508 g/mol. The smallest absolute Gasteiger partial charge is 0.251 e. The van der Waals surface area contributed by atoms with Crippen molar-refractivity contribution in [3.63, 3.8) is 0 Å². The summed E-state index contributed by atoms with van der Waals surface area (Å²) in [6, 6.07) is 29.9. The molecule has 4 rings (SSSR count). The van der Waals surface area contributed by atoms with Gasteiger partial charge in [0.1, 0.15) is 19.3 Å². The second-order valence-electron chi connectivity index (χ2n) is 9.34. The maximum Gasteiger partial charge on any atom is 0.251 e. The number of rotatable bonds is 11. The Hall–Kier alpha value is -4.58. The van der Waals surface area contributed by atoms with Crippen LogP contribution in [-0.4, -0.2) is 17.9 Å². The highest BCUT2D eigenvalue weighted by Gasteiger charge is 2.21. The molecule has 2 amide bonds. The Bertz CT molecular complexity index is 1370. The highest BCUT2D eigenvalue weighted by atomic mass is 16.5. The summed E-state index contributed by atoms with van der Waals surface area (Å²) >= 11 is 0.